The first-order valence-corrected chi connectivity index (χ1v) is 10.1. The van der Waals surface area contributed by atoms with E-state index in [4.69, 9.17) is 14.6 Å². The lowest BCUT2D eigenvalue weighted by Gasteiger charge is -2.36. The van der Waals surface area contributed by atoms with Gasteiger partial charge in [0.05, 0.1) is 26.0 Å². The number of ether oxygens (including phenoxy) is 2. The molecule has 1 amide bonds. The maximum absolute atomic E-state index is 13.7. The standard InChI is InChI=1S/C23H26N4O3/c1-26-15-17(16-10-12-24-13-11-16)22(25-26)18-7-4-5-14-27(18)23(28)21-19(29-2)8-6-9-20(21)30-3/h6,8-13,15,18H,4-5,7,14H2,1-3H3/t18-/m0/s1. The number of pyridine rings is 1. The molecule has 0 saturated carbocycles. The van der Waals surface area contributed by atoms with Crippen molar-refractivity contribution in [2.75, 3.05) is 20.8 Å². The van der Waals surface area contributed by atoms with Crippen molar-refractivity contribution in [2.24, 2.45) is 7.05 Å². The number of carbonyl (C=O) groups is 1. The quantitative estimate of drug-likeness (QED) is 0.643. The van der Waals surface area contributed by atoms with Gasteiger partial charge in [0.2, 0.25) is 0 Å². The average Bonchev–Trinajstić information content (AvgIpc) is 3.20. The number of aryl methyl sites for hydroxylation is 1. The normalized spacial score (nSPS) is 16.4. The number of hydrogen-bond donors (Lipinski definition) is 0. The summed E-state index contributed by atoms with van der Waals surface area (Å²) in [5.74, 6) is 0.929. The molecule has 0 aliphatic carbocycles. The lowest BCUT2D eigenvalue weighted by Crippen LogP contribution is -2.39. The molecule has 1 saturated heterocycles. The van der Waals surface area contributed by atoms with E-state index in [1.165, 1.54) is 0 Å². The first-order chi connectivity index (χ1) is 14.6. The van der Waals surface area contributed by atoms with E-state index in [0.29, 0.717) is 23.6 Å². The van der Waals surface area contributed by atoms with Crippen molar-refractivity contribution in [3.63, 3.8) is 0 Å². The van der Waals surface area contributed by atoms with Crippen molar-refractivity contribution in [3.05, 3.63) is 60.2 Å². The van der Waals surface area contributed by atoms with Crippen LogP contribution in [0, 0.1) is 0 Å². The Balaban J connectivity index is 1.77. The Labute approximate surface area is 176 Å². The van der Waals surface area contributed by atoms with Crippen LogP contribution in [0.15, 0.2) is 48.9 Å². The summed E-state index contributed by atoms with van der Waals surface area (Å²) in [7, 11) is 5.05. The lowest BCUT2D eigenvalue weighted by molar-refractivity contribution is 0.0599. The molecule has 0 bridgehead atoms. The zero-order valence-electron chi connectivity index (χ0n) is 17.5. The van der Waals surface area contributed by atoms with Crippen LogP contribution in [0.25, 0.3) is 11.1 Å². The first kappa shape index (κ1) is 19.9. The van der Waals surface area contributed by atoms with Gasteiger partial charge in [0, 0.05) is 37.7 Å². The zero-order chi connectivity index (χ0) is 21.1. The average molecular weight is 406 g/mol. The van der Waals surface area contributed by atoms with Crippen LogP contribution in [0.4, 0.5) is 0 Å². The molecule has 4 rings (SSSR count). The number of amides is 1. The molecule has 2 aromatic heterocycles. The highest BCUT2D eigenvalue weighted by Crippen LogP contribution is 2.39. The number of methoxy groups -OCH3 is 2. The van der Waals surface area contributed by atoms with E-state index in [0.717, 1.165) is 36.1 Å². The van der Waals surface area contributed by atoms with Crippen molar-refractivity contribution < 1.29 is 14.3 Å². The molecule has 1 atom stereocenters. The molecule has 0 radical (unpaired) electrons. The lowest BCUT2D eigenvalue weighted by atomic mass is 9.94. The van der Waals surface area contributed by atoms with Gasteiger partial charge in [-0.05, 0) is 49.1 Å². The molecule has 3 aromatic rings. The third-order valence-corrected chi connectivity index (χ3v) is 5.57. The van der Waals surface area contributed by atoms with E-state index < -0.39 is 0 Å². The predicted octanol–water partition coefficient (Wildman–Crippen LogP) is 3.87. The molecule has 0 unspecified atom stereocenters. The Morgan fingerprint density at radius 1 is 1.07 bits per heavy atom. The minimum absolute atomic E-state index is 0.0969. The van der Waals surface area contributed by atoms with E-state index >= 15 is 0 Å². The second-order valence-electron chi connectivity index (χ2n) is 7.39. The van der Waals surface area contributed by atoms with Crippen LogP contribution in [0.5, 0.6) is 11.5 Å². The van der Waals surface area contributed by atoms with E-state index in [2.05, 4.69) is 4.98 Å². The van der Waals surface area contributed by atoms with Gasteiger partial charge in [0.25, 0.3) is 5.91 Å². The van der Waals surface area contributed by atoms with Gasteiger partial charge in [-0.1, -0.05) is 6.07 Å². The van der Waals surface area contributed by atoms with Gasteiger partial charge in [-0.3, -0.25) is 14.5 Å². The Hall–Kier alpha value is -3.35. The van der Waals surface area contributed by atoms with Gasteiger partial charge in [0.1, 0.15) is 17.1 Å². The van der Waals surface area contributed by atoms with Crippen molar-refractivity contribution in [2.45, 2.75) is 25.3 Å². The molecule has 1 fully saturated rings. The first-order valence-electron chi connectivity index (χ1n) is 10.1. The minimum atomic E-state index is -0.120. The molecule has 30 heavy (non-hydrogen) atoms. The molecule has 0 spiro atoms. The Kier molecular flexibility index (Phi) is 5.70. The fourth-order valence-corrected chi connectivity index (χ4v) is 4.17. The number of likely N-dealkylation sites (tertiary alicyclic amines) is 1. The second kappa shape index (κ2) is 8.57. The zero-order valence-corrected chi connectivity index (χ0v) is 17.5. The molecule has 1 aliphatic heterocycles. The van der Waals surface area contributed by atoms with Crippen LogP contribution in [0.2, 0.25) is 0 Å². The molecule has 0 N–H and O–H groups in total. The summed E-state index contributed by atoms with van der Waals surface area (Å²) in [4.78, 5) is 19.8. The fraction of sp³-hybridized carbons (Fsp3) is 0.348. The summed E-state index contributed by atoms with van der Waals surface area (Å²) in [6.07, 6.45) is 8.41. The van der Waals surface area contributed by atoms with Crippen LogP contribution in [0.3, 0.4) is 0 Å². The van der Waals surface area contributed by atoms with Crippen LogP contribution < -0.4 is 9.47 Å². The van der Waals surface area contributed by atoms with Gasteiger partial charge in [-0.25, -0.2) is 0 Å². The summed E-state index contributed by atoms with van der Waals surface area (Å²) in [5.41, 5.74) is 3.43. The van der Waals surface area contributed by atoms with Crippen molar-refractivity contribution >= 4 is 5.91 Å². The number of rotatable bonds is 5. The van der Waals surface area contributed by atoms with E-state index in [1.807, 2.05) is 41.0 Å². The van der Waals surface area contributed by atoms with Gasteiger partial charge in [-0.2, -0.15) is 5.10 Å². The van der Waals surface area contributed by atoms with E-state index in [-0.39, 0.29) is 11.9 Å². The van der Waals surface area contributed by atoms with Crippen LogP contribution >= 0.6 is 0 Å². The van der Waals surface area contributed by atoms with Crippen molar-refractivity contribution in [1.29, 1.82) is 0 Å². The highest BCUT2D eigenvalue weighted by Gasteiger charge is 2.34. The Morgan fingerprint density at radius 2 is 1.77 bits per heavy atom. The number of benzene rings is 1. The van der Waals surface area contributed by atoms with Crippen LogP contribution in [-0.2, 0) is 7.05 Å². The monoisotopic (exact) mass is 406 g/mol. The number of piperidine rings is 1. The third kappa shape index (κ3) is 3.63. The number of hydrogen-bond acceptors (Lipinski definition) is 5. The van der Waals surface area contributed by atoms with Crippen molar-refractivity contribution in [3.8, 4) is 22.6 Å². The highest BCUT2D eigenvalue weighted by molar-refractivity contribution is 6.00. The molecular formula is C23H26N4O3. The SMILES string of the molecule is COc1cccc(OC)c1C(=O)N1CCCC[C@H]1c1nn(C)cc1-c1ccncc1. The second-order valence-corrected chi connectivity index (χ2v) is 7.39. The van der Waals surface area contributed by atoms with Gasteiger partial charge < -0.3 is 14.4 Å². The molecule has 7 nitrogen and oxygen atoms in total. The third-order valence-electron chi connectivity index (χ3n) is 5.57. The summed E-state index contributed by atoms with van der Waals surface area (Å²) in [6.45, 7) is 0.664. The van der Waals surface area contributed by atoms with E-state index in [9.17, 15) is 4.79 Å². The minimum Gasteiger partial charge on any atom is -0.496 e. The van der Waals surface area contributed by atoms with Gasteiger partial charge in [0.15, 0.2) is 0 Å². The molecule has 1 aliphatic rings. The smallest absolute Gasteiger partial charge is 0.261 e. The van der Waals surface area contributed by atoms with Crippen LogP contribution in [0.1, 0.15) is 41.4 Å². The number of aromatic nitrogens is 3. The maximum atomic E-state index is 13.7. The predicted molar refractivity (Wildman–Crippen MR) is 114 cm³/mol. The summed E-state index contributed by atoms with van der Waals surface area (Å²) in [6, 6.07) is 9.22. The number of carbonyl (C=O) groups excluding carboxylic acids is 1. The molecule has 156 valence electrons. The van der Waals surface area contributed by atoms with Crippen molar-refractivity contribution in [1.82, 2.24) is 19.7 Å². The largest absolute Gasteiger partial charge is 0.496 e. The highest BCUT2D eigenvalue weighted by atomic mass is 16.5. The van der Waals surface area contributed by atoms with Gasteiger partial charge in [-0.15, -0.1) is 0 Å². The summed E-state index contributed by atoms with van der Waals surface area (Å²) in [5, 5.41) is 4.76. The van der Waals surface area contributed by atoms with E-state index in [1.54, 1.807) is 38.7 Å². The maximum Gasteiger partial charge on any atom is 0.261 e. The summed E-state index contributed by atoms with van der Waals surface area (Å²) < 4.78 is 12.8. The molecule has 7 heteroatoms. The molecule has 3 heterocycles. The number of nitrogens with zero attached hydrogens (tertiary/aromatic N) is 4. The molecule has 1 aromatic carbocycles. The topological polar surface area (TPSA) is 69.5 Å². The summed E-state index contributed by atoms with van der Waals surface area (Å²) >= 11 is 0. The molecular weight excluding hydrogens is 380 g/mol. The van der Waals surface area contributed by atoms with Gasteiger partial charge >= 0.3 is 0 Å². The van der Waals surface area contributed by atoms with Crippen LogP contribution in [-0.4, -0.2) is 46.3 Å². The Bertz CT molecular complexity index is 1010. The Morgan fingerprint density at radius 3 is 2.43 bits per heavy atom. The fourth-order valence-electron chi connectivity index (χ4n) is 4.17.